The maximum atomic E-state index is 9.52. The Bertz CT molecular complexity index is 106. The average molecular weight is 190 g/mol. The van der Waals surface area contributed by atoms with E-state index in [1.54, 1.807) is 0 Å². The molecule has 0 saturated carbocycles. The zero-order valence-electron chi connectivity index (χ0n) is 8.95. The third-order valence-electron chi connectivity index (χ3n) is 2.14. The van der Waals surface area contributed by atoms with E-state index in [2.05, 4.69) is 13.8 Å². The first-order valence-electron chi connectivity index (χ1n) is 5.22. The van der Waals surface area contributed by atoms with Gasteiger partial charge in [-0.25, -0.2) is 9.78 Å². The van der Waals surface area contributed by atoms with E-state index in [4.69, 9.17) is 9.78 Å². The minimum absolute atomic E-state index is 0.200. The molecule has 0 aliphatic carbocycles. The summed E-state index contributed by atoms with van der Waals surface area (Å²) < 4.78 is 0. The Hall–Kier alpha value is -0.120. The summed E-state index contributed by atoms with van der Waals surface area (Å²) in [7, 11) is 0. The molecule has 3 heteroatoms. The van der Waals surface area contributed by atoms with Crippen LogP contribution in [0.3, 0.4) is 0 Å². The van der Waals surface area contributed by atoms with Gasteiger partial charge in [-0.15, -0.1) is 0 Å². The first kappa shape index (κ1) is 12.9. The van der Waals surface area contributed by atoms with Gasteiger partial charge in [0.1, 0.15) is 0 Å². The van der Waals surface area contributed by atoms with E-state index < -0.39 is 6.29 Å². The Labute approximate surface area is 81.0 Å². The summed E-state index contributed by atoms with van der Waals surface area (Å²) >= 11 is 0. The van der Waals surface area contributed by atoms with E-state index in [1.807, 2.05) is 6.92 Å². The third kappa shape index (κ3) is 6.02. The van der Waals surface area contributed by atoms with Gasteiger partial charge in [-0.05, 0) is 19.8 Å². The van der Waals surface area contributed by atoms with E-state index in [-0.39, 0.29) is 5.92 Å². The van der Waals surface area contributed by atoms with Crippen LogP contribution in [0.4, 0.5) is 0 Å². The van der Waals surface area contributed by atoms with E-state index >= 15 is 0 Å². The van der Waals surface area contributed by atoms with Crippen molar-refractivity contribution in [1.82, 2.24) is 0 Å². The van der Waals surface area contributed by atoms with Crippen LogP contribution in [0, 0.1) is 5.92 Å². The molecular weight excluding hydrogens is 168 g/mol. The molecule has 0 spiro atoms. The fourth-order valence-electron chi connectivity index (χ4n) is 1.23. The first-order valence-corrected chi connectivity index (χ1v) is 5.22. The average Bonchev–Trinajstić information content (AvgIpc) is 2.16. The topological polar surface area (TPSA) is 38.7 Å². The predicted molar refractivity (Wildman–Crippen MR) is 52.0 cm³/mol. The van der Waals surface area contributed by atoms with E-state index in [9.17, 15) is 5.11 Å². The molecule has 0 saturated heterocycles. The number of rotatable bonds is 8. The van der Waals surface area contributed by atoms with Crippen molar-refractivity contribution in [1.29, 1.82) is 0 Å². The summed E-state index contributed by atoms with van der Waals surface area (Å²) in [5.41, 5.74) is 0. The fourth-order valence-corrected chi connectivity index (χ4v) is 1.23. The van der Waals surface area contributed by atoms with Crippen molar-refractivity contribution < 1.29 is 14.9 Å². The van der Waals surface area contributed by atoms with E-state index in [1.165, 1.54) is 0 Å². The molecule has 80 valence electrons. The summed E-state index contributed by atoms with van der Waals surface area (Å²) in [4.78, 5) is 9.50. The molecule has 0 fully saturated rings. The molecule has 1 N–H and O–H groups in total. The second kappa shape index (κ2) is 8.48. The van der Waals surface area contributed by atoms with Gasteiger partial charge in [0.25, 0.3) is 0 Å². The van der Waals surface area contributed by atoms with Crippen LogP contribution in [0.2, 0.25) is 0 Å². The van der Waals surface area contributed by atoms with Crippen LogP contribution < -0.4 is 0 Å². The number of hydrogen-bond acceptors (Lipinski definition) is 3. The zero-order valence-corrected chi connectivity index (χ0v) is 8.95. The van der Waals surface area contributed by atoms with Gasteiger partial charge in [-0.2, -0.15) is 0 Å². The molecule has 0 radical (unpaired) electrons. The SMILES string of the molecule is CCCCC(CC)C(O)OOCC. The molecule has 2 unspecified atom stereocenters. The van der Waals surface area contributed by atoms with Gasteiger partial charge in [-0.3, -0.25) is 0 Å². The Morgan fingerprint density at radius 3 is 2.38 bits per heavy atom. The van der Waals surface area contributed by atoms with E-state index in [0.29, 0.717) is 6.61 Å². The van der Waals surface area contributed by atoms with Gasteiger partial charge in [0.15, 0.2) is 6.29 Å². The molecule has 0 bridgehead atoms. The lowest BCUT2D eigenvalue weighted by Crippen LogP contribution is -2.23. The maximum Gasteiger partial charge on any atom is 0.191 e. The van der Waals surface area contributed by atoms with Crippen molar-refractivity contribution in [2.45, 2.75) is 52.7 Å². The Morgan fingerprint density at radius 2 is 1.92 bits per heavy atom. The van der Waals surface area contributed by atoms with Gasteiger partial charge in [0.2, 0.25) is 0 Å². The minimum atomic E-state index is -0.767. The fraction of sp³-hybridized carbons (Fsp3) is 1.00. The normalized spacial score (nSPS) is 15.7. The summed E-state index contributed by atoms with van der Waals surface area (Å²) in [6.45, 7) is 6.50. The molecule has 0 amide bonds. The van der Waals surface area contributed by atoms with Crippen LogP contribution in [0.5, 0.6) is 0 Å². The first-order chi connectivity index (χ1) is 6.26. The van der Waals surface area contributed by atoms with E-state index in [0.717, 1.165) is 25.7 Å². The van der Waals surface area contributed by atoms with Crippen LogP contribution in [0.25, 0.3) is 0 Å². The molecule has 0 aromatic rings. The quantitative estimate of drug-likeness (QED) is 0.363. The molecule has 13 heavy (non-hydrogen) atoms. The molecule has 0 aromatic carbocycles. The van der Waals surface area contributed by atoms with Crippen LogP contribution >= 0.6 is 0 Å². The van der Waals surface area contributed by atoms with Crippen molar-refractivity contribution in [2.75, 3.05) is 6.61 Å². The highest BCUT2D eigenvalue weighted by atomic mass is 17.2. The van der Waals surface area contributed by atoms with Crippen LogP contribution in [-0.4, -0.2) is 18.0 Å². The molecule has 3 nitrogen and oxygen atoms in total. The van der Waals surface area contributed by atoms with Crippen molar-refractivity contribution in [3.8, 4) is 0 Å². The highest BCUT2D eigenvalue weighted by molar-refractivity contribution is 4.58. The second-order valence-corrected chi connectivity index (χ2v) is 3.20. The maximum absolute atomic E-state index is 9.52. The lowest BCUT2D eigenvalue weighted by atomic mass is 9.99. The third-order valence-corrected chi connectivity index (χ3v) is 2.14. The lowest BCUT2D eigenvalue weighted by molar-refractivity contribution is -0.379. The summed E-state index contributed by atoms with van der Waals surface area (Å²) in [5.74, 6) is 0.200. The number of hydrogen-bond donors (Lipinski definition) is 1. The highest BCUT2D eigenvalue weighted by Gasteiger charge is 2.17. The summed E-state index contributed by atoms with van der Waals surface area (Å²) in [6.07, 6.45) is 3.44. The van der Waals surface area contributed by atoms with Crippen molar-refractivity contribution in [3.63, 3.8) is 0 Å². The zero-order chi connectivity index (χ0) is 10.1. The van der Waals surface area contributed by atoms with Gasteiger partial charge in [0.05, 0.1) is 6.61 Å². The van der Waals surface area contributed by atoms with Crippen LogP contribution in [-0.2, 0) is 9.78 Å². The largest absolute Gasteiger partial charge is 0.365 e. The summed E-state index contributed by atoms with van der Waals surface area (Å²) in [6, 6.07) is 0. The minimum Gasteiger partial charge on any atom is -0.365 e. The molecule has 0 heterocycles. The molecule has 0 aliphatic heterocycles. The molecule has 0 rings (SSSR count). The molecule has 0 aromatic heterocycles. The monoisotopic (exact) mass is 190 g/mol. The molecule has 0 aliphatic rings. The van der Waals surface area contributed by atoms with Crippen LogP contribution in [0.1, 0.15) is 46.5 Å². The Morgan fingerprint density at radius 1 is 1.23 bits per heavy atom. The van der Waals surface area contributed by atoms with Gasteiger partial charge in [-0.1, -0.05) is 26.7 Å². The summed E-state index contributed by atoms with van der Waals surface area (Å²) in [5, 5.41) is 9.52. The van der Waals surface area contributed by atoms with Gasteiger partial charge < -0.3 is 5.11 Å². The van der Waals surface area contributed by atoms with Crippen molar-refractivity contribution >= 4 is 0 Å². The van der Waals surface area contributed by atoms with Gasteiger partial charge >= 0.3 is 0 Å². The number of aliphatic hydroxyl groups excluding tert-OH is 1. The predicted octanol–water partition coefficient (Wildman–Crippen LogP) is 2.49. The molecule has 2 atom stereocenters. The van der Waals surface area contributed by atoms with Crippen molar-refractivity contribution in [2.24, 2.45) is 5.92 Å². The smallest absolute Gasteiger partial charge is 0.191 e. The van der Waals surface area contributed by atoms with Gasteiger partial charge in [0, 0.05) is 5.92 Å². The number of aliphatic hydroxyl groups is 1. The lowest BCUT2D eigenvalue weighted by Gasteiger charge is -2.19. The Kier molecular flexibility index (Phi) is 8.40. The molecular formula is C10H22O3. The second-order valence-electron chi connectivity index (χ2n) is 3.20. The Balaban J connectivity index is 3.63. The van der Waals surface area contributed by atoms with Crippen LogP contribution in [0.15, 0.2) is 0 Å². The van der Waals surface area contributed by atoms with Crippen molar-refractivity contribution in [3.05, 3.63) is 0 Å². The standard InChI is InChI=1S/C10H22O3/c1-4-7-8-9(5-2)10(11)13-12-6-3/h9-11H,4-8H2,1-3H3. The highest BCUT2D eigenvalue weighted by Crippen LogP contribution is 2.17. The number of unbranched alkanes of at least 4 members (excludes halogenated alkanes) is 1.